The summed E-state index contributed by atoms with van der Waals surface area (Å²) in [7, 11) is 0. The minimum atomic E-state index is -0.343. The van der Waals surface area contributed by atoms with E-state index >= 15 is 0 Å². The van der Waals surface area contributed by atoms with Crippen LogP contribution in [0.5, 0.6) is 0 Å². The second-order valence-electron chi connectivity index (χ2n) is 5.08. The second kappa shape index (κ2) is 7.12. The Balaban J connectivity index is 1.84. The summed E-state index contributed by atoms with van der Waals surface area (Å²) in [6.45, 7) is 0.179. The fraction of sp³-hybridized carbons (Fsp3) is 0.0500. The smallest absolute Gasteiger partial charge is 0.338 e. The highest BCUT2D eigenvalue weighted by atomic mass is 35.5. The van der Waals surface area contributed by atoms with Gasteiger partial charge in [-0.15, -0.1) is 0 Å². The lowest BCUT2D eigenvalue weighted by Crippen LogP contribution is -2.05. The number of hydrogen-bond donors (Lipinski definition) is 0. The van der Waals surface area contributed by atoms with Crippen LogP contribution in [-0.4, -0.2) is 5.97 Å². The quantitative estimate of drug-likeness (QED) is 0.604. The molecule has 0 unspecified atom stereocenters. The number of hydrogen-bond acceptors (Lipinski definition) is 2. The van der Waals surface area contributed by atoms with E-state index in [9.17, 15) is 4.79 Å². The summed E-state index contributed by atoms with van der Waals surface area (Å²) in [5.41, 5.74) is 3.32. The maximum Gasteiger partial charge on any atom is 0.338 e. The number of benzene rings is 3. The van der Waals surface area contributed by atoms with Crippen LogP contribution < -0.4 is 0 Å². The fourth-order valence-corrected chi connectivity index (χ4v) is 2.72. The summed E-state index contributed by atoms with van der Waals surface area (Å²) in [4.78, 5) is 12.1. The molecule has 0 aliphatic carbocycles. The van der Waals surface area contributed by atoms with Gasteiger partial charge in [0.2, 0.25) is 0 Å². The number of esters is 1. The number of ether oxygens (including phenoxy) is 1. The van der Waals surface area contributed by atoms with Gasteiger partial charge in [-0.05, 0) is 29.3 Å². The Labute approximate surface area is 140 Å². The lowest BCUT2D eigenvalue weighted by Gasteiger charge is -2.12. The van der Waals surface area contributed by atoms with Crippen LogP contribution in [0, 0.1) is 0 Å². The molecule has 0 bridgehead atoms. The molecular formula is C20H15ClO2. The van der Waals surface area contributed by atoms with Gasteiger partial charge in [-0.25, -0.2) is 4.79 Å². The van der Waals surface area contributed by atoms with Gasteiger partial charge in [-0.1, -0.05) is 72.3 Å². The van der Waals surface area contributed by atoms with Crippen molar-refractivity contribution in [3.05, 3.63) is 95.0 Å². The summed E-state index contributed by atoms with van der Waals surface area (Å²) in [6.07, 6.45) is 0. The van der Waals surface area contributed by atoms with Crippen LogP contribution in [0.15, 0.2) is 78.9 Å². The third-order valence-electron chi connectivity index (χ3n) is 3.53. The zero-order chi connectivity index (χ0) is 16.1. The number of carbonyl (C=O) groups is 1. The standard InChI is InChI=1S/C20H15ClO2/c21-18-13-7-12-17(19(18)15-8-3-1-4-9-15)14-23-20(22)16-10-5-2-6-11-16/h1-13H,14H2. The Hall–Kier alpha value is -2.58. The first-order chi connectivity index (χ1) is 11.3. The van der Waals surface area contributed by atoms with Gasteiger partial charge in [0.25, 0.3) is 0 Å². The fourth-order valence-electron chi connectivity index (χ4n) is 2.42. The highest BCUT2D eigenvalue weighted by Gasteiger charge is 2.12. The van der Waals surface area contributed by atoms with Crippen LogP contribution >= 0.6 is 11.6 Å². The summed E-state index contributed by atoms with van der Waals surface area (Å²) in [5.74, 6) is -0.343. The predicted octanol–water partition coefficient (Wildman–Crippen LogP) is 5.36. The lowest BCUT2D eigenvalue weighted by molar-refractivity contribution is 0.0473. The minimum Gasteiger partial charge on any atom is -0.457 e. The summed E-state index contributed by atoms with van der Waals surface area (Å²) in [5, 5.41) is 0.643. The Bertz CT molecular complexity index is 798. The molecule has 0 saturated carbocycles. The monoisotopic (exact) mass is 322 g/mol. The van der Waals surface area contributed by atoms with E-state index in [4.69, 9.17) is 16.3 Å². The number of carbonyl (C=O) groups excluding carboxylic acids is 1. The van der Waals surface area contributed by atoms with Crippen LogP contribution in [-0.2, 0) is 11.3 Å². The van der Waals surface area contributed by atoms with E-state index in [1.807, 2.05) is 66.7 Å². The van der Waals surface area contributed by atoms with Gasteiger partial charge in [-0.2, -0.15) is 0 Å². The van der Waals surface area contributed by atoms with Crippen molar-refractivity contribution in [2.75, 3.05) is 0 Å². The molecular weight excluding hydrogens is 308 g/mol. The molecule has 0 N–H and O–H groups in total. The van der Waals surface area contributed by atoms with E-state index in [2.05, 4.69) is 0 Å². The van der Waals surface area contributed by atoms with E-state index in [-0.39, 0.29) is 12.6 Å². The maximum absolute atomic E-state index is 12.1. The molecule has 0 spiro atoms. The van der Waals surface area contributed by atoms with Crippen LogP contribution in [0.4, 0.5) is 0 Å². The summed E-state index contributed by atoms with van der Waals surface area (Å²) in [6, 6.07) is 24.4. The molecule has 0 amide bonds. The third kappa shape index (κ3) is 3.61. The van der Waals surface area contributed by atoms with Crippen molar-refractivity contribution in [1.29, 1.82) is 0 Å². The molecule has 0 atom stereocenters. The van der Waals surface area contributed by atoms with Gasteiger partial charge in [0, 0.05) is 10.6 Å². The molecule has 0 fully saturated rings. The van der Waals surface area contributed by atoms with E-state index in [0.717, 1.165) is 16.7 Å². The SMILES string of the molecule is O=C(OCc1cccc(Cl)c1-c1ccccc1)c1ccccc1. The Morgan fingerprint density at radius 3 is 2.17 bits per heavy atom. The van der Waals surface area contributed by atoms with Crippen molar-refractivity contribution in [2.24, 2.45) is 0 Å². The van der Waals surface area contributed by atoms with Gasteiger partial charge in [-0.3, -0.25) is 0 Å². The summed E-state index contributed by atoms with van der Waals surface area (Å²) >= 11 is 6.36. The highest BCUT2D eigenvalue weighted by Crippen LogP contribution is 2.31. The van der Waals surface area contributed by atoms with Crippen molar-refractivity contribution in [2.45, 2.75) is 6.61 Å². The van der Waals surface area contributed by atoms with Gasteiger partial charge in [0.1, 0.15) is 6.61 Å². The Morgan fingerprint density at radius 1 is 0.826 bits per heavy atom. The maximum atomic E-state index is 12.1. The van der Waals surface area contributed by atoms with E-state index < -0.39 is 0 Å². The molecule has 3 aromatic carbocycles. The number of rotatable bonds is 4. The average molecular weight is 323 g/mol. The largest absolute Gasteiger partial charge is 0.457 e. The second-order valence-corrected chi connectivity index (χ2v) is 5.49. The molecule has 114 valence electrons. The molecule has 0 saturated heterocycles. The van der Waals surface area contributed by atoms with Crippen LogP contribution in [0.25, 0.3) is 11.1 Å². The first kappa shape index (κ1) is 15.3. The van der Waals surface area contributed by atoms with Crippen molar-refractivity contribution < 1.29 is 9.53 Å². The van der Waals surface area contributed by atoms with Crippen LogP contribution in [0.3, 0.4) is 0 Å². The van der Waals surface area contributed by atoms with E-state index in [1.54, 1.807) is 12.1 Å². The highest BCUT2D eigenvalue weighted by molar-refractivity contribution is 6.33. The zero-order valence-corrected chi connectivity index (χ0v) is 13.2. The molecule has 0 aromatic heterocycles. The molecule has 2 nitrogen and oxygen atoms in total. The summed E-state index contributed by atoms with van der Waals surface area (Å²) < 4.78 is 5.43. The molecule has 3 heteroatoms. The van der Waals surface area contributed by atoms with Crippen molar-refractivity contribution >= 4 is 17.6 Å². The molecule has 3 aromatic rings. The van der Waals surface area contributed by atoms with Crippen molar-refractivity contribution in [1.82, 2.24) is 0 Å². The normalized spacial score (nSPS) is 10.3. The molecule has 23 heavy (non-hydrogen) atoms. The molecule has 3 rings (SSSR count). The van der Waals surface area contributed by atoms with Gasteiger partial charge in [0.15, 0.2) is 0 Å². The molecule has 0 heterocycles. The molecule has 0 aliphatic heterocycles. The van der Waals surface area contributed by atoms with Crippen molar-refractivity contribution in [3.8, 4) is 11.1 Å². The van der Waals surface area contributed by atoms with Gasteiger partial charge >= 0.3 is 5.97 Å². The Morgan fingerprint density at radius 2 is 1.48 bits per heavy atom. The topological polar surface area (TPSA) is 26.3 Å². The zero-order valence-electron chi connectivity index (χ0n) is 12.4. The molecule has 0 radical (unpaired) electrons. The van der Waals surface area contributed by atoms with Gasteiger partial charge < -0.3 is 4.74 Å². The van der Waals surface area contributed by atoms with E-state index in [1.165, 1.54) is 0 Å². The first-order valence-electron chi connectivity index (χ1n) is 7.30. The first-order valence-corrected chi connectivity index (χ1v) is 7.68. The third-order valence-corrected chi connectivity index (χ3v) is 3.85. The van der Waals surface area contributed by atoms with E-state index in [0.29, 0.717) is 10.6 Å². The number of halogens is 1. The van der Waals surface area contributed by atoms with Crippen molar-refractivity contribution in [3.63, 3.8) is 0 Å². The molecule has 0 aliphatic rings. The van der Waals surface area contributed by atoms with Gasteiger partial charge in [0.05, 0.1) is 5.56 Å². The average Bonchev–Trinajstić information content (AvgIpc) is 2.61. The van der Waals surface area contributed by atoms with Crippen LogP contribution in [0.2, 0.25) is 5.02 Å². The van der Waals surface area contributed by atoms with Crippen LogP contribution in [0.1, 0.15) is 15.9 Å². The Kier molecular flexibility index (Phi) is 4.74. The lowest BCUT2D eigenvalue weighted by atomic mass is 10.00. The minimum absolute atomic E-state index is 0.179. The predicted molar refractivity (Wildman–Crippen MR) is 92.4 cm³/mol.